The number of hydrogen-bond donors (Lipinski definition) is 2. The highest BCUT2D eigenvalue weighted by molar-refractivity contribution is 5.97. The number of hydrogen-bond acceptors (Lipinski definition) is 4. The largest absolute Gasteiger partial charge is 0.493 e. The van der Waals surface area contributed by atoms with Crippen LogP contribution in [0.25, 0.3) is 0 Å². The van der Waals surface area contributed by atoms with Crippen LogP contribution in [0.5, 0.6) is 11.5 Å². The molecule has 0 radical (unpaired) electrons. The van der Waals surface area contributed by atoms with Gasteiger partial charge in [-0.25, -0.2) is 0 Å². The van der Waals surface area contributed by atoms with Gasteiger partial charge in [-0.3, -0.25) is 4.79 Å². The molecule has 2 rings (SSSR count). The maximum Gasteiger partial charge on any atom is 0.255 e. The molecule has 2 N–H and O–H groups in total. The van der Waals surface area contributed by atoms with Crippen LogP contribution in [-0.4, -0.2) is 38.4 Å². The van der Waals surface area contributed by atoms with Gasteiger partial charge in [0.25, 0.3) is 5.91 Å². The van der Waals surface area contributed by atoms with Crippen LogP contribution in [0.1, 0.15) is 29.6 Å². The van der Waals surface area contributed by atoms with E-state index < -0.39 is 0 Å². The van der Waals surface area contributed by atoms with Gasteiger partial charge in [0.2, 0.25) is 0 Å². The van der Waals surface area contributed by atoms with Crippen molar-refractivity contribution in [1.29, 1.82) is 0 Å². The van der Waals surface area contributed by atoms with E-state index in [2.05, 4.69) is 5.32 Å². The third kappa shape index (κ3) is 3.47. The molecule has 1 aliphatic carbocycles. The quantitative estimate of drug-likeness (QED) is 0.840. The first-order chi connectivity index (χ1) is 10.2. The van der Waals surface area contributed by atoms with Crippen LogP contribution in [0.4, 0.5) is 0 Å². The average molecular weight is 293 g/mol. The smallest absolute Gasteiger partial charge is 0.255 e. The third-order valence-electron chi connectivity index (χ3n) is 4.22. The summed E-state index contributed by atoms with van der Waals surface area (Å²) in [5.41, 5.74) is 0.468. The molecule has 116 valence electrons. The number of amides is 1. The van der Waals surface area contributed by atoms with Gasteiger partial charge in [0.05, 0.1) is 19.8 Å². The monoisotopic (exact) mass is 293 g/mol. The first-order valence-electron chi connectivity index (χ1n) is 7.31. The number of rotatable bonds is 6. The number of carbonyl (C=O) groups is 1. The fourth-order valence-corrected chi connectivity index (χ4v) is 3.01. The molecular formula is C16H23NO4. The Morgan fingerprint density at radius 3 is 2.71 bits per heavy atom. The first-order valence-corrected chi connectivity index (χ1v) is 7.31. The van der Waals surface area contributed by atoms with Gasteiger partial charge in [0.1, 0.15) is 0 Å². The molecule has 0 aliphatic heterocycles. The lowest BCUT2D eigenvalue weighted by Gasteiger charge is -2.18. The van der Waals surface area contributed by atoms with Gasteiger partial charge < -0.3 is 19.9 Å². The SMILES string of the molecule is COc1cccc(C(=O)NCC2CCCC2CO)c1OC. The van der Waals surface area contributed by atoms with Crippen molar-refractivity contribution in [2.45, 2.75) is 19.3 Å². The summed E-state index contributed by atoms with van der Waals surface area (Å²) >= 11 is 0. The van der Waals surface area contributed by atoms with Crippen molar-refractivity contribution >= 4 is 5.91 Å². The number of ether oxygens (including phenoxy) is 2. The molecule has 0 heterocycles. The normalized spacial score (nSPS) is 21.1. The zero-order valence-corrected chi connectivity index (χ0v) is 12.6. The summed E-state index contributed by atoms with van der Waals surface area (Å²) in [6.45, 7) is 0.785. The van der Waals surface area contributed by atoms with Gasteiger partial charge >= 0.3 is 0 Å². The van der Waals surface area contributed by atoms with Crippen LogP contribution >= 0.6 is 0 Å². The molecular weight excluding hydrogens is 270 g/mol. The van der Waals surface area contributed by atoms with E-state index in [1.807, 2.05) is 0 Å². The summed E-state index contributed by atoms with van der Waals surface area (Å²) in [4.78, 5) is 12.3. The highest BCUT2D eigenvalue weighted by atomic mass is 16.5. The second kappa shape index (κ2) is 7.31. The van der Waals surface area contributed by atoms with E-state index in [1.54, 1.807) is 25.3 Å². The Kier molecular flexibility index (Phi) is 5.44. The van der Waals surface area contributed by atoms with Gasteiger partial charge in [-0.2, -0.15) is 0 Å². The van der Waals surface area contributed by atoms with Gasteiger partial charge in [-0.05, 0) is 36.8 Å². The summed E-state index contributed by atoms with van der Waals surface area (Å²) in [6.07, 6.45) is 3.22. The predicted octanol–water partition coefficient (Wildman–Crippen LogP) is 1.84. The summed E-state index contributed by atoms with van der Waals surface area (Å²) in [5, 5.41) is 12.3. The minimum atomic E-state index is -0.172. The average Bonchev–Trinajstić information content (AvgIpc) is 2.99. The van der Waals surface area contributed by atoms with Gasteiger partial charge in [0.15, 0.2) is 11.5 Å². The molecule has 2 unspecified atom stereocenters. The molecule has 1 saturated carbocycles. The standard InChI is InChI=1S/C16H23NO4/c1-20-14-8-4-7-13(15(14)21-2)16(19)17-9-11-5-3-6-12(11)10-18/h4,7-8,11-12,18H,3,5-6,9-10H2,1-2H3,(H,17,19). The molecule has 5 heteroatoms. The third-order valence-corrected chi connectivity index (χ3v) is 4.22. The van der Waals surface area contributed by atoms with Crippen LogP contribution in [0.3, 0.4) is 0 Å². The molecule has 1 amide bonds. The summed E-state index contributed by atoms with van der Waals surface area (Å²) in [5.74, 6) is 1.48. The van der Waals surface area contributed by atoms with Crippen molar-refractivity contribution in [2.24, 2.45) is 11.8 Å². The number of aliphatic hydroxyl groups excluding tert-OH is 1. The van der Waals surface area contributed by atoms with Crippen molar-refractivity contribution in [3.05, 3.63) is 23.8 Å². The molecule has 5 nitrogen and oxygen atoms in total. The molecule has 21 heavy (non-hydrogen) atoms. The fraction of sp³-hybridized carbons (Fsp3) is 0.562. The Bertz CT molecular complexity index is 489. The van der Waals surface area contributed by atoms with E-state index in [0.717, 1.165) is 19.3 Å². The van der Waals surface area contributed by atoms with Crippen molar-refractivity contribution in [3.8, 4) is 11.5 Å². The maximum atomic E-state index is 12.3. The number of carbonyl (C=O) groups excluding carboxylic acids is 1. The molecule has 2 atom stereocenters. The van der Waals surface area contributed by atoms with Gasteiger partial charge in [0, 0.05) is 13.2 Å². The fourth-order valence-electron chi connectivity index (χ4n) is 3.01. The molecule has 1 aromatic rings. The van der Waals surface area contributed by atoms with Crippen molar-refractivity contribution in [1.82, 2.24) is 5.32 Å². The van der Waals surface area contributed by atoms with Crippen molar-refractivity contribution < 1.29 is 19.4 Å². The molecule has 1 fully saturated rings. The summed E-state index contributed by atoms with van der Waals surface area (Å²) in [6, 6.07) is 5.24. The Balaban J connectivity index is 2.03. The number of aliphatic hydroxyl groups is 1. The molecule has 0 aromatic heterocycles. The predicted molar refractivity (Wildman–Crippen MR) is 79.8 cm³/mol. The molecule has 0 bridgehead atoms. The second-order valence-electron chi connectivity index (χ2n) is 5.38. The van der Waals surface area contributed by atoms with E-state index >= 15 is 0 Å². The lowest BCUT2D eigenvalue weighted by molar-refractivity contribution is 0.0934. The summed E-state index contributed by atoms with van der Waals surface area (Å²) in [7, 11) is 3.07. The zero-order chi connectivity index (χ0) is 15.2. The van der Waals surface area contributed by atoms with Crippen LogP contribution in [0.15, 0.2) is 18.2 Å². The van der Waals surface area contributed by atoms with Crippen molar-refractivity contribution in [3.63, 3.8) is 0 Å². The highest BCUT2D eigenvalue weighted by Gasteiger charge is 2.27. The minimum absolute atomic E-state index is 0.172. The van der Waals surface area contributed by atoms with E-state index in [9.17, 15) is 9.90 Å². The van der Waals surface area contributed by atoms with E-state index in [-0.39, 0.29) is 12.5 Å². The van der Waals surface area contributed by atoms with E-state index in [0.29, 0.717) is 35.4 Å². The van der Waals surface area contributed by atoms with Crippen LogP contribution in [0.2, 0.25) is 0 Å². The Hall–Kier alpha value is -1.75. The lowest BCUT2D eigenvalue weighted by atomic mass is 9.97. The number of methoxy groups -OCH3 is 2. The number of benzene rings is 1. The number of nitrogens with one attached hydrogen (secondary N) is 1. The number of para-hydroxylation sites is 1. The Morgan fingerprint density at radius 1 is 1.29 bits per heavy atom. The second-order valence-corrected chi connectivity index (χ2v) is 5.38. The highest BCUT2D eigenvalue weighted by Crippen LogP contribution is 2.32. The van der Waals surface area contributed by atoms with Gasteiger partial charge in [-0.15, -0.1) is 0 Å². The van der Waals surface area contributed by atoms with E-state index in [1.165, 1.54) is 7.11 Å². The molecule has 1 aliphatic rings. The van der Waals surface area contributed by atoms with Crippen LogP contribution < -0.4 is 14.8 Å². The van der Waals surface area contributed by atoms with E-state index in [4.69, 9.17) is 9.47 Å². The van der Waals surface area contributed by atoms with Gasteiger partial charge in [-0.1, -0.05) is 12.5 Å². The van der Waals surface area contributed by atoms with Crippen LogP contribution in [-0.2, 0) is 0 Å². The summed E-state index contributed by atoms with van der Waals surface area (Å²) < 4.78 is 10.5. The molecule has 1 aromatic carbocycles. The maximum absolute atomic E-state index is 12.3. The zero-order valence-electron chi connectivity index (χ0n) is 12.6. The Labute approximate surface area is 125 Å². The topological polar surface area (TPSA) is 67.8 Å². The lowest BCUT2D eigenvalue weighted by Crippen LogP contribution is -2.31. The molecule has 0 spiro atoms. The minimum Gasteiger partial charge on any atom is -0.493 e. The Morgan fingerprint density at radius 2 is 2.05 bits per heavy atom. The van der Waals surface area contributed by atoms with Crippen molar-refractivity contribution in [2.75, 3.05) is 27.4 Å². The molecule has 0 saturated heterocycles. The van der Waals surface area contributed by atoms with Crippen LogP contribution in [0, 0.1) is 11.8 Å². The first kappa shape index (κ1) is 15.6.